The molecule has 0 unspecified atom stereocenters. The molecule has 9 rings (SSSR count). The van der Waals surface area contributed by atoms with Crippen LogP contribution in [0.15, 0.2) is 174 Å². The first-order valence-electron chi connectivity index (χ1n) is 15.4. The van der Waals surface area contributed by atoms with Crippen LogP contribution >= 0.6 is 0 Å². The number of rotatable bonds is 4. The van der Waals surface area contributed by atoms with E-state index in [1.165, 1.54) is 65.7 Å². The Morgan fingerprint density at radius 2 is 0.778 bits per heavy atom. The Hall–Kier alpha value is -5.92. The zero-order valence-electron chi connectivity index (χ0n) is 24.6. The van der Waals surface area contributed by atoms with Crippen LogP contribution in [0.1, 0.15) is 0 Å². The van der Waals surface area contributed by atoms with E-state index < -0.39 is 0 Å². The summed E-state index contributed by atoms with van der Waals surface area (Å²) in [6.45, 7) is 0. The molecule has 0 N–H and O–H groups in total. The number of hydrogen-bond acceptors (Lipinski definition) is 1. The summed E-state index contributed by atoms with van der Waals surface area (Å²) in [4.78, 5) is 0. The highest BCUT2D eigenvalue weighted by Crippen LogP contribution is 2.45. The normalized spacial score (nSPS) is 11.6. The minimum absolute atomic E-state index is 0.883. The van der Waals surface area contributed by atoms with Crippen LogP contribution in [0.5, 0.6) is 0 Å². The predicted octanol–water partition coefficient (Wildman–Crippen LogP) is 12.6. The number of para-hydroxylation sites is 1. The summed E-state index contributed by atoms with van der Waals surface area (Å²) in [5, 5.41) is 8.60. The van der Waals surface area contributed by atoms with Gasteiger partial charge >= 0.3 is 0 Å². The Morgan fingerprint density at radius 3 is 1.42 bits per heavy atom. The van der Waals surface area contributed by atoms with Crippen LogP contribution in [0.4, 0.5) is 0 Å². The van der Waals surface area contributed by atoms with Gasteiger partial charge in [-0.2, -0.15) is 0 Å². The van der Waals surface area contributed by atoms with Gasteiger partial charge in [0.1, 0.15) is 11.3 Å². The van der Waals surface area contributed by atoms with Crippen LogP contribution in [-0.4, -0.2) is 0 Å². The number of fused-ring (bicyclic) bond motifs is 4. The van der Waals surface area contributed by atoms with Gasteiger partial charge in [-0.05, 0) is 96.0 Å². The molecule has 1 aromatic heterocycles. The summed E-state index contributed by atoms with van der Waals surface area (Å²) in [5.74, 6) is 0.883. The molecule has 0 amide bonds. The van der Waals surface area contributed by atoms with E-state index >= 15 is 0 Å². The van der Waals surface area contributed by atoms with Crippen molar-refractivity contribution in [2.75, 3.05) is 0 Å². The van der Waals surface area contributed by atoms with Gasteiger partial charge in [-0.25, -0.2) is 0 Å². The third-order valence-corrected chi connectivity index (χ3v) is 9.03. The van der Waals surface area contributed by atoms with E-state index in [1.807, 2.05) is 12.1 Å². The van der Waals surface area contributed by atoms with Crippen molar-refractivity contribution in [2.45, 2.75) is 0 Å². The van der Waals surface area contributed by atoms with Crippen molar-refractivity contribution in [3.63, 3.8) is 0 Å². The van der Waals surface area contributed by atoms with E-state index in [0.717, 1.165) is 22.3 Å². The van der Waals surface area contributed by atoms with Crippen LogP contribution in [0.3, 0.4) is 0 Å². The third-order valence-electron chi connectivity index (χ3n) is 9.03. The molecule has 0 radical (unpaired) electrons. The Labute approximate surface area is 261 Å². The molecule has 210 valence electrons. The minimum Gasteiger partial charge on any atom is -0.456 e. The molecule has 1 heteroatoms. The molecular formula is C44H28O. The van der Waals surface area contributed by atoms with Gasteiger partial charge in [0, 0.05) is 10.9 Å². The van der Waals surface area contributed by atoms with Crippen molar-refractivity contribution >= 4 is 43.3 Å². The average molecular weight is 573 g/mol. The first kappa shape index (κ1) is 25.6. The lowest BCUT2D eigenvalue weighted by Crippen LogP contribution is -1.91. The highest BCUT2D eigenvalue weighted by Gasteiger charge is 2.18. The topological polar surface area (TPSA) is 13.1 Å². The summed E-state index contributed by atoms with van der Waals surface area (Å²) in [6, 6.07) is 61.1. The van der Waals surface area contributed by atoms with E-state index in [0.29, 0.717) is 0 Å². The Morgan fingerprint density at radius 1 is 0.289 bits per heavy atom. The first-order chi connectivity index (χ1) is 22.3. The van der Waals surface area contributed by atoms with Gasteiger partial charge in [0.2, 0.25) is 0 Å². The monoisotopic (exact) mass is 572 g/mol. The first-order valence-corrected chi connectivity index (χ1v) is 15.4. The number of furan rings is 1. The summed E-state index contributed by atoms with van der Waals surface area (Å²) < 4.78 is 6.27. The maximum Gasteiger partial charge on any atom is 0.135 e. The van der Waals surface area contributed by atoms with Crippen molar-refractivity contribution in [1.82, 2.24) is 0 Å². The average Bonchev–Trinajstić information content (AvgIpc) is 3.55. The summed E-state index contributed by atoms with van der Waals surface area (Å²) >= 11 is 0. The van der Waals surface area contributed by atoms with Crippen molar-refractivity contribution in [3.8, 4) is 44.7 Å². The largest absolute Gasteiger partial charge is 0.456 e. The second-order valence-electron chi connectivity index (χ2n) is 11.7. The maximum atomic E-state index is 6.27. The van der Waals surface area contributed by atoms with E-state index in [9.17, 15) is 0 Å². The molecule has 1 nitrogen and oxygen atoms in total. The molecule has 8 aromatic carbocycles. The van der Waals surface area contributed by atoms with Gasteiger partial charge in [-0.1, -0.05) is 140 Å². The Kier molecular flexibility index (Phi) is 5.89. The fourth-order valence-electron chi connectivity index (χ4n) is 6.93. The van der Waals surface area contributed by atoms with Crippen molar-refractivity contribution in [1.29, 1.82) is 0 Å². The minimum atomic E-state index is 0.883. The SMILES string of the molecule is c1cc(-c2ccc3ccccc3c2)cc(-c2c3ccccc3c(-c3cccc(-c4cc5ccccc5o4)c3)c3ccccc23)c1. The van der Waals surface area contributed by atoms with Crippen LogP contribution in [0.25, 0.3) is 88.0 Å². The molecule has 0 bridgehead atoms. The van der Waals surface area contributed by atoms with Gasteiger partial charge in [0.25, 0.3) is 0 Å². The molecule has 0 aliphatic rings. The molecule has 0 saturated carbocycles. The van der Waals surface area contributed by atoms with Gasteiger partial charge < -0.3 is 4.42 Å². The molecular weight excluding hydrogens is 544 g/mol. The lowest BCUT2D eigenvalue weighted by atomic mass is 9.85. The van der Waals surface area contributed by atoms with Crippen molar-refractivity contribution in [3.05, 3.63) is 170 Å². The second-order valence-corrected chi connectivity index (χ2v) is 11.7. The Balaban J connectivity index is 1.25. The van der Waals surface area contributed by atoms with Crippen molar-refractivity contribution < 1.29 is 4.42 Å². The second kappa shape index (κ2) is 10.4. The van der Waals surface area contributed by atoms with Gasteiger partial charge in [0.15, 0.2) is 0 Å². The summed E-state index contributed by atoms with van der Waals surface area (Å²) in [6.07, 6.45) is 0. The lowest BCUT2D eigenvalue weighted by molar-refractivity contribution is 0.631. The van der Waals surface area contributed by atoms with E-state index in [-0.39, 0.29) is 0 Å². The summed E-state index contributed by atoms with van der Waals surface area (Å²) in [7, 11) is 0. The predicted molar refractivity (Wildman–Crippen MR) is 190 cm³/mol. The molecule has 0 spiro atoms. The lowest BCUT2D eigenvalue weighted by Gasteiger charge is -2.18. The molecule has 0 atom stereocenters. The number of benzene rings is 8. The molecule has 0 aliphatic heterocycles. The molecule has 0 aliphatic carbocycles. The van der Waals surface area contributed by atoms with E-state index in [4.69, 9.17) is 4.42 Å². The highest BCUT2D eigenvalue weighted by atomic mass is 16.3. The van der Waals surface area contributed by atoms with Crippen molar-refractivity contribution in [2.24, 2.45) is 0 Å². The molecule has 0 fully saturated rings. The maximum absolute atomic E-state index is 6.27. The van der Waals surface area contributed by atoms with Crippen LogP contribution in [0.2, 0.25) is 0 Å². The summed E-state index contributed by atoms with van der Waals surface area (Å²) in [5.41, 5.74) is 9.33. The third kappa shape index (κ3) is 4.32. The zero-order valence-corrected chi connectivity index (χ0v) is 24.6. The fourth-order valence-corrected chi connectivity index (χ4v) is 6.93. The molecule has 0 saturated heterocycles. The highest BCUT2D eigenvalue weighted by molar-refractivity contribution is 6.21. The molecule has 45 heavy (non-hydrogen) atoms. The van der Waals surface area contributed by atoms with Crippen LogP contribution in [0, 0.1) is 0 Å². The van der Waals surface area contributed by atoms with Crippen LogP contribution in [-0.2, 0) is 0 Å². The molecule has 9 aromatic rings. The van der Waals surface area contributed by atoms with Crippen LogP contribution < -0.4 is 0 Å². The quantitative estimate of drug-likeness (QED) is 0.191. The van der Waals surface area contributed by atoms with Gasteiger partial charge in [-0.3, -0.25) is 0 Å². The Bertz CT molecular complexity index is 2460. The fraction of sp³-hybridized carbons (Fsp3) is 0. The van der Waals surface area contributed by atoms with Gasteiger partial charge in [-0.15, -0.1) is 0 Å². The van der Waals surface area contributed by atoms with E-state index in [2.05, 4.69) is 158 Å². The van der Waals surface area contributed by atoms with Gasteiger partial charge in [0.05, 0.1) is 0 Å². The number of hydrogen-bond donors (Lipinski definition) is 0. The molecule has 1 heterocycles. The zero-order chi connectivity index (χ0) is 29.7. The van der Waals surface area contributed by atoms with E-state index in [1.54, 1.807) is 0 Å². The smallest absolute Gasteiger partial charge is 0.135 e. The standard InChI is InChI=1S/C44H28O/c1-2-12-30-25-32(24-23-29(30)11-1)31-14-9-16-35(26-31)43-37-18-4-6-20-39(37)44(40-21-7-5-19-38(40)43)36-17-10-15-33(27-36)42-28-34-13-3-8-22-41(34)45-42/h1-28H.